The number of hydrogen-bond donors (Lipinski definition) is 1. The van der Waals surface area contributed by atoms with Crippen LogP contribution in [0.25, 0.3) is 17.0 Å². The number of anilines is 1. The summed E-state index contributed by atoms with van der Waals surface area (Å²) < 4.78 is 45.0. The Hall–Kier alpha value is -3.65. The molecular weight excluding hydrogens is 459 g/mol. The smallest absolute Gasteiger partial charge is 0.295 e. The number of nitrogens with zero attached hydrogens (tertiary/aromatic N) is 3. The molecule has 1 aliphatic rings. The molecule has 174 valence electrons. The fourth-order valence-electron chi connectivity index (χ4n) is 3.95. The van der Waals surface area contributed by atoms with Crippen LogP contribution in [0.1, 0.15) is 50.2 Å². The summed E-state index contributed by atoms with van der Waals surface area (Å²) in [5.41, 5.74) is 0.424. The molecule has 0 bridgehead atoms. The first-order valence-electron chi connectivity index (χ1n) is 12.2. The van der Waals surface area contributed by atoms with Gasteiger partial charge in [-0.1, -0.05) is 35.0 Å². The molecule has 2 heterocycles. The van der Waals surface area contributed by atoms with E-state index in [0.717, 1.165) is 24.5 Å². The number of hydrogen-bond acceptors (Lipinski definition) is 4. The summed E-state index contributed by atoms with van der Waals surface area (Å²) in [6, 6.07) is 10.9. The number of nitrogens with one attached hydrogen (secondary N) is 1. The molecule has 0 atom stereocenters. The molecule has 0 aliphatic heterocycles. The van der Waals surface area contributed by atoms with E-state index in [0.29, 0.717) is 37.2 Å². The number of carbonyl (C=O) groups excluding carboxylic acids is 1. The SMILES string of the molecule is [2H]C([2H])([2H])n1c(C)c(NC(=O)c2noc(-c3ccc(C4CC4)cc3Cl)c2C)c(=O)n1-c1ccccc1F. The Labute approximate surface area is 203 Å². The normalized spacial score (nSPS) is 15.0. The van der Waals surface area contributed by atoms with Crippen LogP contribution < -0.4 is 10.9 Å². The van der Waals surface area contributed by atoms with Crippen molar-refractivity contribution in [1.29, 1.82) is 0 Å². The minimum Gasteiger partial charge on any atom is -0.355 e. The first-order chi connectivity index (χ1) is 17.5. The van der Waals surface area contributed by atoms with E-state index in [1.807, 2.05) is 18.2 Å². The summed E-state index contributed by atoms with van der Waals surface area (Å²) in [7, 11) is 0. The van der Waals surface area contributed by atoms with Crippen molar-refractivity contribution in [2.75, 3.05) is 5.32 Å². The van der Waals surface area contributed by atoms with Crippen LogP contribution in [0.2, 0.25) is 5.02 Å². The largest absolute Gasteiger partial charge is 0.355 e. The van der Waals surface area contributed by atoms with Crippen molar-refractivity contribution in [3.05, 3.63) is 86.2 Å². The molecule has 2 aromatic carbocycles. The summed E-state index contributed by atoms with van der Waals surface area (Å²) in [6.45, 7) is 0.141. The van der Waals surface area contributed by atoms with Crippen molar-refractivity contribution in [2.24, 2.45) is 6.98 Å². The third kappa shape index (κ3) is 3.64. The lowest BCUT2D eigenvalue weighted by atomic mass is 10.0. The predicted molar refractivity (Wildman–Crippen MR) is 127 cm³/mol. The Morgan fingerprint density at radius 3 is 2.71 bits per heavy atom. The second kappa shape index (κ2) is 8.29. The van der Waals surface area contributed by atoms with Gasteiger partial charge in [-0.15, -0.1) is 0 Å². The van der Waals surface area contributed by atoms with Gasteiger partial charge in [0.1, 0.15) is 17.2 Å². The van der Waals surface area contributed by atoms with E-state index < -0.39 is 24.3 Å². The lowest BCUT2D eigenvalue weighted by molar-refractivity contribution is 0.101. The summed E-state index contributed by atoms with van der Waals surface area (Å²) in [5.74, 6) is -0.769. The maximum absolute atomic E-state index is 14.5. The molecule has 1 saturated carbocycles. The molecule has 1 aliphatic carbocycles. The predicted octanol–water partition coefficient (Wildman–Crippen LogP) is 5.37. The molecule has 0 unspecified atom stereocenters. The zero-order chi connectivity index (χ0) is 26.6. The molecule has 1 amide bonds. The van der Waals surface area contributed by atoms with Gasteiger partial charge in [-0.25, -0.2) is 9.07 Å². The van der Waals surface area contributed by atoms with Crippen molar-refractivity contribution < 1.29 is 17.8 Å². The van der Waals surface area contributed by atoms with Crippen LogP contribution in [0.3, 0.4) is 0 Å². The van der Waals surface area contributed by atoms with E-state index in [1.165, 1.54) is 25.1 Å². The lowest BCUT2D eigenvalue weighted by Crippen LogP contribution is -2.24. The average molecular weight is 484 g/mol. The minimum absolute atomic E-state index is 0.0818. The Kier molecular flexibility index (Phi) is 4.57. The van der Waals surface area contributed by atoms with Crippen molar-refractivity contribution in [3.63, 3.8) is 0 Å². The van der Waals surface area contributed by atoms with E-state index in [2.05, 4.69) is 10.5 Å². The fraction of sp³-hybridized carbons (Fsp3) is 0.240. The maximum Gasteiger partial charge on any atom is 0.295 e. The number of benzene rings is 2. The third-order valence-electron chi connectivity index (χ3n) is 6.03. The van der Waals surface area contributed by atoms with Crippen LogP contribution in [-0.2, 0) is 6.98 Å². The van der Waals surface area contributed by atoms with Gasteiger partial charge in [0, 0.05) is 22.2 Å². The Morgan fingerprint density at radius 1 is 1.26 bits per heavy atom. The topological polar surface area (TPSA) is 82.1 Å². The highest BCUT2D eigenvalue weighted by Crippen LogP contribution is 2.42. The van der Waals surface area contributed by atoms with Gasteiger partial charge in [-0.2, -0.15) is 0 Å². The average Bonchev–Trinajstić information content (AvgIpc) is 3.57. The second-order valence-electron chi connectivity index (χ2n) is 8.29. The highest BCUT2D eigenvalue weighted by atomic mass is 35.5. The molecule has 2 aromatic heterocycles. The Morgan fingerprint density at radius 2 is 2.03 bits per heavy atom. The molecule has 0 spiro atoms. The molecule has 0 radical (unpaired) electrons. The van der Waals surface area contributed by atoms with Gasteiger partial charge in [0.05, 0.1) is 10.7 Å². The molecule has 1 fully saturated rings. The van der Waals surface area contributed by atoms with Gasteiger partial charge >= 0.3 is 0 Å². The highest BCUT2D eigenvalue weighted by molar-refractivity contribution is 6.33. The van der Waals surface area contributed by atoms with Crippen LogP contribution in [0.15, 0.2) is 51.8 Å². The number of carbonyl (C=O) groups is 1. The first-order valence-corrected chi connectivity index (χ1v) is 11.0. The summed E-state index contributed by atoms with van der Waals surface area (Å²) in [6.07, 6.45) is 2.26. The number of amides is 1. The van der Waals surface area contributed by atoms with Crippen LogP contribution in [-0.4, -0.2) is 20.4 Å². The van der Waals surface area contributed by atoms with E-state index in [4.69, 9.17) is 20.2 Å². The summed E-state index contributed by atoms with van der Waals surface area (Å²) in [5, 5.41) is 6.79. The van der Waals surface area contributed by atoms with Crippen LogP contribution >= 0.6 is 11.6 Å². The second-order valence-corrected chi connectivity index (χ2v) is 8.70. The zero-order valence-corrected chi connectivity index (χ0v) is 19.1. The molecule has 4 aromatic rings. The van der Waals surface area contributed by atoms with Gasteiger partial charge in [-0.05, 0) is 62.4 Å². The number of aromatic nitrogens is 3. The van der Waals surface area contributed by atoms with Crippen LogP contribution in [0, 0.1) is 19.7 Å². The molecule has 9 heteroatoms. The Balaban J connectivity index is 1.52. The van der Waals surface area contributed by atoms with Crippen LogP contribution in [0.5, 0.6) is 0 Å². The van der Waals surface area contributed by atoms with E-state index >= 15 is 0 Å². The fourth-order valence-corrected chi connectivity index (χ4v) is 4.22. The highest BCUT2D eigenvalue weighted by Gasteiger charge is 2.27. The summed E-state index contributed by atoms with van der Waals surface area (Å²) in [4.78, 5) is 26.4. The monoisotopic (exact) mass is 483 g/mol. The maximum atomic E-state index is 14.5. The summed E-state index contributed by atoms with van der Waals surface area (Å²) >= 11 is 6.48. The van der Waals surface area contributed by atoms with Crippen molar-refractivity contribution in [1.82, 2.24) is 14.5 Å². The quantitative estimate of drug-likeness (QED) is 0.413. The van der Waals surface area contributed by atoms with Crippen molar-refractivity contribution in [3.8, 4) is 17.0 Å². The molecule has 0 saturated heterocycles. The standard InChI is InChI=1S/C25H22ClFN4O3/c1-13-21(29-34-23(13)17-11-10-16(12-18(17)26)15-8-9-15)24(32)28-22-14(2)30(3)31(25(22)33)20-7-5-4-6-19(20)27/h4-7,10-12,15H,8-9H2,1-3H3,(H,28,32)/i3D3. The molecule has 7 nitrogen and oxygen atoms in total. The minimum atomic E-state index is -2.84. The molecule has 34 heavy (non-hydrogen) atoms. The lowest BCUT2D eigenvalue weighted by Gasteiger charge is -2.08. The zero-order valence-electron chi connectivity index (χ0n) is 21.4. The molecule has 5 rings (SSSR count). The van der Waals surface area contributed by atoms with Gasteiger partial charge in [0.25, 0.3) is 11.5 Å². The van der Waals surface area contributed by atoms with Gasteiger partial charge < -0.3 is 9.84 Å². The van der Waals surface area contributed by atoms with E-state index in [9.17, 15) is 14.0 Å². The van der Waals surface area contributed by atoms with Gasteiger partial charge in [-0.3, -0.25) is 14.3 Å². The number of para-hydroxylation sites is 1. The van der Waals surface area contributed by atoms with Gasteiger partial charge in [0.2, 0.25) is 0 Å². The van der Waals surface area contributed by atoms with E-state index in [1.54, 1.807) is 6.92 Å². The van der Waals surface area contributed by atoms with Crippen LogP contribution in [0.4, 0.5) is 10.1 Å². The number of rotatable bonds is 5. The Bertz CT molecular complexity index is 1600. The van der Waals surface area contributed by atoms with Gasteiger partial charge in [0.15, 0.2) is 11.5 Å². The first kappa shape index (κ1) is 18.7. The van der Waals surface area contributed by atoms with E-state index in [-0.39, 0.29) is 22.8 Å². The van der Waals surface area contributed by atoms with Crippen molar-refractivity contribution in [2.45, 2.75) is 32.6 Å². The molecular formula is C25H22ClFN4O3. The molecule has 1 N–H and O–H groups in total. The van der Waals surface area contributed by atoms with Crippen molar-refractivity contribution >= 4 is 23.2 Å². The number of halogens is 2. The third-order valence-corrected chi connectivity index (χ3v) is 6.34.